The van der Waals surface area contributed by atoms with Crippen molar-refractivity contribution in [3.05, 3.63) is 58.4 Å². The molecule has 0 radical (unpaired) electrons. The Morgan fingerprint density at radius 3 is 2.74 bits per heavy atom. The van der Waals surface area contributed by atoms with Gasteiger partial charge in [-0.05, 0) is 30.3 Å². The van der Waals surface area contributed by atoms with E-state index < -0.39 is 5.97 Å². The second-order valence-electron chi connectivity index (χ2n) is 4.09. The molecule has 0 saturated heterocycles. The van der Waals surface area contributed by atoms with E-state index in [0.717, 1.165) is 0 Å². The highest BCUT2D eigenvalue weighted by Crippen LogP contribution is 2.19. The number of carbonyl (C=O) groups is 1. The van der Waals surface area contributed by atoms with Crippen LogP contribution in [0.3, 0.4) is 0 Å². The predicted molar refractivity (Wildman–Crippen MR) is 69.2 cm³/mol. The molecule has 5 heteroatoms. The first kappa shape index (κ1) is 11.3. The maximum Gasteiger partial charge on any atom is 0.335 e. The molecule has 5 nitrogen and oxygen atoms in total. The summed E-state index contributed by atoms with van der Waals surface area (Å²) >= 11 is 0. The highest BCUT2D eigenvalue weighted by molar-refractivity contribution is 5.93. The van der Waals surface area contributed by atoms with E-state index in [2.05, 4.69) is 4.98 Å². The molecule has 94 valence electrons. The van der Waals surface area contributed by atoms with Gasteiger partial charge in [0.05, 0.1) is 17.5 Å². The second-order valence-corrected chi connectivity index (χ2v) is 4.09. The molecule has 0 unspecified atom stereocenters. The van der Waals surface area contributed by atoms with Crippen LogP contribution in [-0.2, 0) is 0 Å². The average molecular weight is 255 g/mol. The number of carboxylic acid groups (broad SMARTS) is 1. The fraction of sp³-hybridized carbons (Fsp3) is 0. The van der Waals surface area contributed by atoms with Crippen LogP contribution >= 0.6 is 0 Å². The highest BCUT2D eigenvalue weighted by Gasteiger charge is 2.09. The summed E-state index contributed by atoms with van der Waals surface area (Å²) in [5, 5.41) is 9.26. The number of furan rings is 1. The van der Waals surface area contributed by atoms with Gasteiger partial charge in [0.1, 0.15) is 5.76 Å². The third kappa shape index (κ3) is 1.91. The lowest BCUT2D eigenvalue weighted by Gasteiger charge is -2.03. The first-order valence-electron chi connectivity index (χ1n) is 5.59. The van der Waals surface area contributed by atoms with E-state index in [1.54, 1.807) is 18.2 Å². The van der Waals surface area contributed by atoms with Gasteiger partial charge in [-0.25, -0.2) is 4.79 Å². The topological polar surface area (TPSA) is 83.3 Å². The number of rotatable bonds is 2. The molecule has 0 aliphatic heterocycles. The van der Waals surface area contributed by atoms with E-state index in [-0.39, 0.29) is 11.0 Å². The van der Waals surface area contributed by atoms with Gasteiger partial charge >= 0.3 is 5.97 Å². The largest absolute Gasteiger partial charge is 0.478 e. The maximum absolute atomic E-state index is 12.0. The fourth-order valence-electron chi connectivity index (χ4n) is 1.94. The number of hydrogen-bond acceptors (Lipinski definition) is 3. The molecule has 0 saturated carbocycles. The molecule has 0 bridgehead atoms. The van der Waals surface area contributed by atoms with Crippen molar-refractivity contribution in [2.45, 2.75) is 0 Å². The van der Waals surface area contributed by atoms with E-state index in [1.807, 2.05) is 0 Å². The van der Waals surface area contributed by atoms with Gasteiger partial charge in [-0.15, -0.1) is 0 Å². The minimum atomic E-state index is -1.06. The minimum Gasteiger partial charge on any atom is -0.478 e. The summed E-state index contributed by atoms with van der Waals surface area (Å²) in [6, 6.07) is 9.25. The van der Waals surface area contributed by atoms with Gasteiger partial charge in [-0.2, -0.15) is 0 Å². The zero-order valence-corrected chi connectivity index (χ0v) is 9.71. The summed E-state index contributed by atoms with van der Waals surface area (Å²) in [4.78, 5) is 25.9. The Morgan fingerprint density at radius 1 is 1.21 bits per heavy atom. The molecule has 3 aromatic rings. The summed E-state index contributed by atoms with van der Waals surface area (Å²) in [7, 11) is 0. The first-order chi connectivity index (χ1) is 9.15. The van der Waals surface area contributed by atoms with Crippen LogP contribution in [0.2, 0.25) is 0 Å². The van der Waals surface area contributed by atoms with Crippen LogP contribution in [0.1, 0.15) is 10.4 Å². The van der Waals surface area contributed by atoms with Crippen molar-refractivity contribution in [2.24, 2.45) is 0 Å². The Morgan fingerprint density at radius 2 is 2.05 bits per heavy atom. The van der Waals surface area contributed by atoms with Crippen molar-refractivity contribution in [1.82, 2.24) is 4.98 Å². The van der Waals surface area contributed by atoms with Crippen LogP contribution in [0.5, 0.6) is 0 Å². The van der Waals surface area contributed by atoms with Crippen LogP contribution in [0, 0.1) is 0 Å². The molecule has 2 heterocycles. The Bertz CT molecular complexity index is 815. The van der Waals surface area contributed by atoms with Crippen LogP contribution in [0.4, 0.5) is 0 Å². The summed E-state index contributed by atoms with van der Waals surface area (Å²) in [6.45, 7) is 0. The Kier molecular flexibility index (Phi) is 2.45. The van der Waals surface area contributed by atoms with E-state index in [9.17, 15) is 9.59 Å². The number of carboxylic acids is 1. The number of H-pyrrole nitrogens is 1. The van der Waals surface area contributed by atoms with Gasteiger partial charge < -0.3 is 14.5 Å². The molecule has 0 atom stereocenters. The molecular weight excluding hydrogens is 246 g/mol. The van der Waals surface area contributed by atoms with Crippen molar-refractivity contribution in [1.29, 1.82) is 0 Å². The van der Waals surface area contributed by atoms with E-state index in [4.69, 9.17) is 9.52 Å². The van der Waals surface area contributed by atoms with Crippen molar-refractivity contribution >= 4 is 16.9 Å². The number of hydrogen-bond donors (Lipinski definition) is 2. The van der Waals surface area contributed by atoms with E-state index >= 15 is 0 Å². The number of benzene rings is 1. The summed E-state index contributed by atoms with van der Waals surface area (Å²) < 4.78 is 5.22. The van der Waals surface area contributed by atoms with Crippen molar-refractivity contribution < 1.29 is 14.3 Å². The molecule has 2 N–H and O–H groups in total. The maximum atomic E-state index is 12.0. The fourth-order valence-corrected chi connectivity index (χ4v) is 1.94. The van der Waals surface area contributed by atoms with Crippen LogP contribution in [-0.4, -0.2) is 16.1 Å². The average Bonchev–Trinajstić information content (AvgIpc) is 2.92. The lowest BCUT2D eigenvalue weighted by atomic mass is 10.1. The number of aromatic amines is 1. The SMILES string of the molecule is O=C(O)c1ccc2[nH]c(-c3ccco3)cc(=O)c2c1. The van der Waals surface area contributed by atoms with Crippen molar-refractivity contribution in [3.63, 3.8) is 0 Å². The molecule has 1 aromatic carbocycles. The number of aromatic nitrogens is 1. The van der Waals surface area contributed by atoms with Gasteiger partial charge in [0.15, 0.2) is 5.43 Å². The monoisotopic (exact) mass is 255 g/mol. The van der Waals surface area contributed by atoms with E-state index in [1.165, 1.54) is 24.5 Å². The smallest absolute Gasteiger partial charge is 0.335 e. The molecule has 19 heavy (non-hydrogen) atoms. The standard InChI is InChI=1S/C14H9NO4/c16-12-7-11(13-2-1-5-19-13)15-10-4-3-8(14(17)18)6-9(10)12/h1-7H,(H,15,16)(H,17,18). The molecule has 0 fully saturated rings. The highest BCUT2D eigenvalue weighted by atomic mass is 16.4. The lowest BCUT2D eigenvalue weighted by molar-refractivity contribution is 0.0697. The molecular formula is C14H9NO4. The van der Waals surface area contributed by atoms with Gasteiger partial charge in [-0.3, -0.25) is 4.79 Å². The zero-order chi connectivity index (χ0) is 13.4. The summed E-state index contributed by atoms with van der Waals surface area (Å²) in [6.07, 6.45) is 1.52. The number of aromatic carboxylic acids is 1. The molecule has 0 aliphatic rings. The lowest BCUT2D eigenvalue weighted by Crippen LogP contribution is -2.05. The van der Waals surface area contributed by atoms with E-state index in [0.29, 0.717) is 22.4 Å². The van der Waals surface area contributed by atoms with Gasteiger partial charge in [0, 0.05) is 17.0 Å². The van der Waals surface area contributed by atoms with Gasteiger partial charge in [0.25, 0.3) is 0 Å². The van der Waals surface area contributed by atoms with Crippen LogP contribution in [0.25, 0.3) is 22.4 Å². The minimum absolute atomic E-state index is 0.0868. The number of nitrogens with one attached hydrogen (secondary N) is 1. The predicted octanol–water partition coefficient (Wildman–Crippen LogP) is 2.49. The van der Waals surface area contributed by atoms with Gasteiger partial charge in [-0.1, -0.05) is 0 Å². The van der Waals surface area contributed by atoms with Crippen molar-refractivity contribution in [2.75, 3.05) is 0 Å². The quantitative estimate of drug-likeness (QED) is 0.736. The summed E-state index contributed by atoms with van der Waals surface area (Å²) in [5.41, 5.74) is 0.974. The number of pyridine rings is 1. The molecule has 0 spiro atoms. The molecule has 0 aliphatic carbocycles. The third-order valence-corrected chi connectivity index (χ3v) is 2.86. The van der Waals surface area contributed by atoms with Gasteiger partial charge in [0.2, 0.25) is 0 Å². The van der Waals surface area contributed by atoms with Crippen molar-refractivity contribution in [3.8, 4) is 11.5 Å². The summed E-state index contributed by atoms with van der Waals surface area (Å²) in [5.74, 6) is -0.502. The number of fused-ring (bicyclic) bond motifs is 1. The molecule has 2 aromatic heterocycles. The third-order valence-electron chi connectivity index (χ3n) is 2.86. The Labute approximate surface area is 107 Å². The normalized spacial score (nSPS) is 10.7. The van der Waals surface area contributed by atoms with Crippen LogP contribution < -0.4 is 5.43 Å². The Balaban J connectivity index is 2.26. The van der Waals surface area contributed by atoms with Crippen LogP contribution in [0.15, 0.2) is 51.9 Å². The zero-order valence-electron chi connectivity index (χ0n) is 9.71. The second kappa shape index (κ2) is 4.13. The molecule has 3 rings (SSSR count). The molecule has 0 amide bonds. The Hall–Kier alpha value is -2.82. The first-order valence-corrected chi connectivity index (χ1v) is 5.59.